The fourth-order valence-electron chi connectivity index (χ4n) is 3.83. The summed E-state index contributed by atoms with van der Waals surface area (Å²) < 4.78 is 7.19. The van der Waals surface area contributed by atoms with Gasteiger partial charge >= 0.3 is 0 Å². The average Bonchev–Trinajstić information content (AvgIpc) is 3.17. The first-order valence-electron chi connectivity index (χ1n) is 9.09. The molecule has 26 heavy (non-hydrogen) atoms. The van der Waals surface area contributed by atoms with Gasteiger partial charge in [-0.2, -0.15) is 5.10 Å². The molecule has 0 radical (unpaired) electrons. The SMILES string of the molecule is COCC(Cc1ccccc1)NC[C@@H]1CC(=O)N(C)[C@H]1c1cnn(C)c1. The number of hydrogen-bond acceptors (Lipinski definition) is 4. The van der Waals surface area contributed by atoms with Crippen LogP contribution < -0.4 is 5.32 Å². The highest BCUT2D eigenvalue weighted by Gasteiger charge is 2.39. The number of aryl methyl sites for hydroxylation is 1. The minimum atomic E-state index is 0.0728. The summed E-state index contributed by atoms with van der Waals surface area (Å²) in [5, 5.41) is 7.90. The molecule has 0 aliphatic carbocycles. The highest BCUT2D eigenvalue weighted by Crippen LogP contribution is 2.36. The summed E-state index contributed by atoms with van der Waals surface area (Å²) in [5.74, 6) is 0.420. The molecular weight excluding hydrogens is 328 g/mol. The number of aromatic nitrogens is 2. The molecule has 1 aliphatic rings. The summed E-state index contributed by atoms with van der Waals surface area (Å²) in [5.41, 5.74) is 2.38. The molecule has 1 amide bonds. The van der Waals surface area contributed by atoms with Crippen molar-refractivity contribution in [3.05, 3.63) is 53.9 Å². The molecule has 2 heterocycles. The molecule has 1 unspecified atom stereocenters. The van der Waals surface area contributed by atoms with Crippen molar-refractivity contribution in [3.63, 3.8) is 0 Å². The van der Waals surface area contributed by atoms with Gasteiger partial charge in [-0.25, -0.2) is 0 Å². The van der Waals surface area contributed by atoms with Crippen LogP contribution in [0.3, 0.4) is 0 Å². The number of methoxy groups -OCH3 is 1. The van der Waals surface area contributed by atoms with Gasteiger partial charge in [-0.15, -0.1) is 0 Å². The number of nitrogens with zero attached hydrogens (tertiary/aromatic N) is 3. The van der Waals surface area contributed by atoms with Crippen LogP contribution >= 0.6 is 0 Å². The van der Waals surface area contributed by atoms with Crippen molar-refractivity contribution in [3.8, 4) is 0 Å². The third-order valence-corrected chi connectivity index (χ3v) is 5.12. The predicted octanol–water partition coefficient (Wildman–Crippen LogP) is 1.79. The third-order valence-electron chi connectivity index (χ3n) is 5.12. The minimum absolute atomic E-state index is 0.0728. The van der Waals surface area contributed by atoms with E-state index in [0.29, 0.717) is 13.0 Å². The van der Waals surface area contributed by atoms with Crippen molar-refractivity contribution in [2.24, 2.45) is 13.0 Å². The number of hydrogen-bond donors (Lipinski definition) is 1. The average molecular weight is 356 g/mol. The summed E-state index contributed by atoms with van der Waals surface area (Å²) in [4.78, 5) is 14.1. The molecule has 1 N–H and O–H groups in total. The summed E-state index contributed by atoms with van der Waals surface area (Å²) in [6.07, 6.45) is 5.34. The number of nitrogens with one attached hydrogen (secondary N) is 1. The van der Waals surface area contributed by atoms with E-state index >= 15 is 0 Å². The van der Waals surface area contributed by atoms with E-state index in [-0.39, 0.29) is 23.9 Å². The second-order valence-corrected chi connectivity index (χ2v) is 7.11. The zero-order valence-electron chi connectivity index (χ0n) is 15.8. The number of carbonyl (C=O) groups excluding carboxylic acids is 1. The standard InChI is InChI=1S/C20H28N4O2/c1-23-13-17(12-22-23)20-16(10-19(25)24(20)2)11-21-18(14-26-3)9-15-7-5-4-6-8-15/h4-8,12-13,16,18,20-21H,9-11,14H2,1-3H3/t16-,18?,20+/m0/s1. The second-order valence-electron chi connectivity index (χ2n) is 7.11. The Bertz CT molecular complexity index is 716. The Kier molecular flexibility index (Phi) is 6.06. The van der Waals surface area contributed by atoms with Crippen molar-refractivity contribution in [2.75, 3.05) is 27.3 Å². The number of rotatable bonds is 8. The lowest BCUT2D eigenvalue weighted by atomic mass is 9.95. The lowest BCUT2D eigenvalue weighted by Gasteiger charge is -2.26. The lowest BCUT2D eigenvalue weighted by Crippen LogP contribution is -2.39. The Morgan fingerprint density at radius 2 is 2.08 bits per heavy atom. The van der Waals surface area contributed by atoms with Crippen LogP contribution in [-0.4, -0.2) is 53.9 Å². The molecule has 2 aromatic rings. The van der Waals surface area contributed by atoms with Gasteiger partial charge in [0.2, 0.25) is 5.91 Å². The van der Waals surface area contributed by atoms with E-state index in [9.17, 15) is 4.79 Å². The predicted molar refractivity (Wildman–Crippen MR) is 101 cm³/mol. The van der Waals surface area contributed by atoms with Crippen LogP contribution in [0.1, 0.15) is 23.6 Å². The van der Waals surface area contributed by atoms with Crippen molar-refractivity contribution < 1.29 is 9.53 Å². The molecule has 1 fully saturated rings. The molecule has 3 atom stereocenters. The van der Waals surface area contributed by atoms with Gasteiger partial charge in [0.25, 0.3) is 0 Å². The van der Waals surface area contributed by atoms with Crippen LogP contribution in [0.4, 0.5) is 0 Å². The van der Waals surface area contributed by atoms with Gasteiger partial charge < -0.3 is 15.0 Å². The van der Waals surface area contributed by atoms with Crippen molar-refractivity contribution in [1.29, 1.82) is 0 Å². The van der Waals surface area contributed by atoms with Crippen LogP contribution in [0.15, 0.2) is 42.7 Å². The topological polar surface area (TPSA) is 59.4 Å². The Morgan fingerprint density at radius 1 is 1.31 bits per heavy atom. The van der Waals surface area contributed by atoms with Crippen LogP contribution in [0.25, 0.3) is 0 Å². The molecule has 1 aromatic heterocycles. The van der Waals surface area contributed by atoms with E-state index in [1.165, 1.54) is 5.56 Å². The second kappa shape index (κ2) is 8.47. The van der Waals surface area contributed by atoms with Crippen LogP contribution in [0.5, 0.6) is 0 Å². The smallest absolute Gasteiger partial charge is 0.223 e. The number of amides is 1. The fraction of sp³-hybridized carbons (Fsp3) is 0.500. The van der Waals surface area contributed by atoms with Crippen LogP contribution in [0.2, 0.25) is 0 Å². The van der Waals surface area contributed by atoms with E-state index in [1.54, 1.807) is 11.8 Å². The first kappa shape index (κ1) is 18.6. The van der Waals surface area contributed by atoms with Gasteiger partial charge in [0.1, 0.15) is 0 Å². The molecule has 3 rings (SSSR count). The van der Waals surface area contributed by atoms with Crippen molar-refractivity contribution in [2.45, 2.75) is 24.9 Å². The van der Waals surface area contributed by atoms with Crippen molar-refractivity contribution in [1.82, 2.24) is 20.0 Å². The zero-order chi connectivity index (χ0) is 18.5. The summed E-state index contributed by atoms with van der Waals surface area (Å²) >= 11 is 0. The van der Waals surface area contributed by atoms with E-state index < -0.39 is 0 Å². The maximum atomic E-state index is 12.3. The Hall–Kier alpha value is -2.18. The Balaban J connectivity index is 1.66. The molecule has 0 saturated carbocycles. The first-order valence-corrected chi connectivity index (χ1v) is 9.09. The van der Waals surface area contributed by atoms with E-state index in [2.05, 4.69) is 34.7 Å². The summed E-state index contributed by atoms with van der Waals surface area (Å²) in [6, 6.07) is 10.7. The van der Waals surface area contributed by atoms with Gasteiger partial charge in [-0.05, 0) is 12.0 Å². The van der Waals surface area contributed by atoms with E-state index in [1.807, 2.05) is 37.5 Å². The molecule has 6 nitrogen and oxygen atoms in total. The van der Waals surface area contributed by atoms with Gasteiger partial charge in [0.05, 0.1) is 18.8 Å². The molecule has 6 heteroatoms. The molecule has 0 spiro atoms. The summed E-state index contributed by atoms with van der Waals surface area (Å²) in [6.45, 7) is 1.42. The molecule has 1 aromatic carbocycles. The molecular formula is C20H28N4O2. The third kappa shape index (κ3) is 4.31. The fourth-order valence-corrected chi connectivity index (χ4v) is 3.83. The maximum Gasteiger partial charge on any atom is 0.223 e. The van der Waals surface area contributed by atoms with Crippen molar-refractivity contribution >= 4 is 5.91 Å². The minimum Gasteiger partial charge on any atom is -0.383 e. The maximum absolute atomic E-state index is 12.3. The number of ether oxygens (including phenoxy) is 1. The molecule has 1 saturated heterocycles. The van der Waals surface area contributed by atoms with E-state index in [0.717, 1.165) is 18.5 Å². The van der Waals surface area contributed by atoms with Gasteiger partial charge in [-0.1, -0.05) is 30.3 Å². The Morgan fingerprint density at radius 3 is 2.73 bits per heavy atom. The monoisotopic (exact) mass is 356 g/mol. The molecule has 140 valence electrons. The quantitative estimate of drug-likeness (QED) is 0.783. The highest BCUT2D eigenvalue weighted by atomic mass is 16.5. The molecule has 0 bridgehead atoms. The van der Waals surface area contributed by atoms with Gasteiger partial charge in [0.15, 0.2) is 0 Å². The largest absolute Gasteiger partial charge is 0.383 e. The van der Waals surface area contributed by atoms with E-state index in [4.69, 9.17) is 4.74 Å². The normalized spacial score (nSPS) is 21.3. The Labute approximate surface area is 155 Å². The van der Waals surface area contributed by atoms with Gasteiger partial charge in [0, 0.05) is 57.9 Å². The zero-order valence-corrected chi connectivity index (χ0v) is 15.8. The van der Waals surface area contributed by atoms with Crippen LogP contribution in [0, 0.1) is 5.92 Å². The van der Waals surface area contributed by atoms with Crippen LogP contribution in [-0.2, 0) is 23.0 Å². The summed E-state index contributed by atoms with van der Waals surface area (Å²) in [7, 11) is 5.52. The number of carbonyl (C=O) groups is 1. The highest BCUT2D eigenvalue weighted by molar-refractivity contribution is 5.79. The number of benzene rings is 1. The lowest BCUT2D eigenvalue weighted by molar-refractivity contribution is -0.127. The first-order chi connectivity index (χ1) is 12.6. The molecule has 1 aliphatic heterocycles. The van der Waals surface area contributed by atoms with Gasteiger partial charge in [-0.3, -0.25) is 9.48 Å². The number of likely N-dealkylation sites (tertiary alicyclic amines) is 1.